The SMILES string of the molecule is CC(=O)NC(CC(=O)NCc1ccc(C(=O)N2CC(C)OC(C)C2)cc1)c1cccs1. The summed E-state index contributed by atoms with van der Waals surface area (Å²) in [5, 5.41) is 7.64. The van der Waals surface area contributed by atoms with E-state index in [4.69, 9.17) is 4.74 Å². The predicted octanol–water partition coefficient (Wildman–Crippen LogP) is 2.88. The average Bonchev–Trinajstić information content (AvgIpc) is 3.25. The molecule has 2 aromatic rings. The van der Waals surface area contributed by atoms with Crippen molar-refractivity contribution in [1.82, 2.24) is 15.5 Å². The molecule has 0 saturated carbocycles. The minimum atomic E-state index is -0.337. The van der Waals surface area contributed by atoms with Crippen LogP contribution in [0.2, 0.25) is 0 Å². The number of ether oxygens (including phenoxy) is 1. The van der Waals surface area contributed by atoms with Crippen LogP contribution in [0.15, 0.2) is 41.8 Å². The van der Waals surface area contributed by atoms with E-state index in [1.54, 1.807) is 12.1 Å². The lowest BCUT2D eigenvalue weighted by molar-refractivity contribution is -0.122. The van der Waals surface area contributed by atoms with E-state index in [0.29, 0.717) is 25.2 Å². The average molecular weight is 444 g/mol. The van der Waals surface area contributed by atoms with Crippen molar-refractivity contribution >= 4 is 29.1 Å². The second-order valence-electron chi connectivity index (χ2n) is 7.91. The van der Waals surface area contributed by atoms with Crippen LogP contribution >= 0.6 is 11.3 Å². The summed E-state index contributed by atoms with van der Waals surface area (Å²) in [5.41, 5.74) is 1.53. The highest BCUT2D eigenvalue weighted by Crippen LogP contribution is 2.22. The number of nitrogens with zero attached hydrogens (tertiary/aromatic N) is 1. The van der Waals surface area contributed by atoms with Gasteiger partial charge in [-0.15, -0.1) is 11.3 Å². The van der Waals surface area contributed by atoms with Gasteiger partial charge in [0, 0.05) is 37.0 Å². The molecule has 1 aliphatic rings. The van der Waals surface area contributed by atoms with Crippen molar-refractivity contribution in [3.05, 3.63) is 57.8 Å². The molecule has 0 bridgehead atoms. The van der Waals surface area contributed by atoms with E-state index in [-0.39, 0.29) is 42.4 Å². The summed E-state index contributed by atoms with van der Waals surface area (Å²) < 4.78 is 5.69. The molecule has 1 aromatic heterocycles. The smallest absolute Gasteiger partial charge is 0.254 e. The van der Waals surface area contributed by atoms with E-state index in [1.807, 2.05) is 48.4 Å². The fraction of sp³-hybridized carbons (Fsp3) is 0.435. The predicted molar refractivity (Wildman–Crippen MR) is 120 cm³/mol. The van der Waals surface area contributed by atoms with Crippen LogP contribution < -0.4 is 10.6 Å². The zero-order valence-corrected chi connectivity index (χ0v) is 18.9. The van der Waals surface area contributed by atoms with Crippen molar-refractivity contribution in [3.63, 3.8) is 0 Å². The molecule has 31 heavy (non-hydrogen) atoms. The molecule has 2 heterocycles. The highest BCUT2D eigenvalue weighted by Gasteiger charge is 2.26. The summed E-state index contributed by atoms with van der Waals surface area (Å²) in [6.45, 7) is 6.91. The number of carbonyl (C=O) groups excluding carboxylic acids is 3. The summed E-state index contributed by atoms with van der Waals surface area (Å²) in [6, 6.07) is 10.8. The molecule has 1 fully saturated rings. The molecule has 3 unspecified atom stereocenters. The maximum atomic E-state index is 12.8. The van der Waals surface area contributed by atoms with Crippen molar-refractivity contribution in [1.29, 1.82) is 0 Å². The Kier molecular flexibility index (Phi) is 7.81. The Morgan fingerprint density at radius 2 is 1.81 bits per heavy atom. The topological polar surface area (TPSA) is 87.7 Å². The fourth-order valence-corrected chi connectivity index (χ4v) is 4.49. The van der Waals surface area contributed by atoms with E-state index in [1.165, 1.54) is 18.3 Å². The van der Waals surface area contributed by atoms with Crippen LogP contribution in [0.25, 0.3) is 0 Å². The van der Waals surface area contributed by atoms with Crippen molar-refractivity contribution < 1.29 is 19.1 Å². The lowest BCUT2D eigenvalue weighted by atomic mass is 10.1. The third-order valence-corrected chi connectivity index (χ3v) is 6.04. The Labute approximate surface area is 186 Å². The van der Waals surface area contributed by atoms with Gasteiger partial charge in [0.05, 0.1) is 24.7 Å². The van der Waals surface area contributed by atoms with Gasteiger partial charge in [0.15, 0.2) is 0 Å². The number of nitrogens with one attached hydrogen (secondary N) is 2. The number of carbonyl (C=O) groups is 3. The largest absolute Gasteiger partial charge is 0.372 e. The Morgan fingerprint density at radius 3 is 2.39 bits per heavy atom. The summed E-state index contributed by atoms with van der Waals surface area (Å²) in [7, 11) is 0. The second-order valence-corrected chi connectivity index (χ2v) is 8.89. The molecule has 166 valence electrons. The van der Waals surface area contributed by atoms with Gasteiger partial charge in [-0.05, 0) is 43.0 Å². The Bertz CT molecular complexity index is 888. The first-order valence-corrected chi connectivity index (χ1v) is 11.3. The highest BCUT2D eigenvalue weighted by atomic mass is 32.1. The molecular weight excluding hydrogens is 414 g/mol. The normalized spacial score (nSPS) is 19.5. The third-order valence-electron chi connectivity index (χ3n) is 5.05. The number of amides is 3. The minimum Gasteiger partial charge on any atom is -0.372 e. The highest BCUT2D eigenvalue weighted by molar-refractivity contribution is 7.10. The van der Waals surface area contributed by atoms with Gasteiger partial charge < -0.3 is 20.3 Å². The minimum absolute atomic E-state index is 0.00770. The number of hydrogen-bond acceptors (Lipinski definition) is 5. The van der Waals surface area contributed by atoms with E-state index in [9.17, 15) is 14.4 Å². The summed E-state index contributed by atoms with van der Waals surface area (Å²) >= 11 is 1.51. The maximum absolute atomic E-state index is 12.8. The molecule has 1 aromatic carbocycles. The summed E-state index contributed by atoms with van der Waals surface area (Å²) in [6.07, 6.45) is 0.222. The molecule has 3 amide bonds. The summed E-state index contributed by atoms with van der Waals surface area (Å²) in [5.74, 6) is -0.328. The number of morpholine rings is 1. The summed E-state index contributed by atoms with van der Waals surface area (Å²) in [4.78, 5) is 39.4. The second kappa shape index (κ2) is 10.5. The molecule has 3 atom stereocenters. The van der Waals surface area contributed by atoms with Crippen LogP contribution in [0, 0.1) is 0 Å². The molecule has 1 aliphatic heterocycles. The monoisotopic (exact) mass is 443 g/mol. The van der Waals surface area contributed by atoms with Crippen LogP contribution in [-0.4, -0.2) is 47.9 Å². The van der Waals surface area contributed by atoms with Crippen LogP contribution in [0.5, 0.6) is 0 Å². The lowest BCUT2D eigenvalue weighted by Crippen LogP contribution is -2.48. The Hall–Kier alpha value is -2.71. The van der Waals surface area contributed by atoms with Gasteiger partial charge in [0.2, 0.25) is 11.8 Å². The van der Waals surface area contributed by atoms with Gasteiger partial charge in [0.1, 0.15) is 0 Å². The van der Waals surface area contributed by atoms with E-state index in [2.05, 4.69) is 10.6 Å². The fourth-order valence-electron chi connectivity index (χ4n) is 3.71. The molecule has 0 aliphatic carbocycles. The quantitative estimate of drug-likeness (QED) is 0.689. The van der Waals surface area contributed by atoms with Crippen molar-refractivity contribution in [2.75, 3.05) is 13.1 Å². The first kappa shape index (κ1) is 23.0. The lowest BCUT2D eigenvalue weighted by Gasteiger charge is -2.35. The van der Waals surface area contributed by atoms with Gasteiger partial charge in [-0.25, -0.2) is 0 Å². The van der Waals surface area contributed by atoms with Crippen LogP contribution in [0.1, 0.15) is 54.0 Å². The van der Waals surface area contributed by atoms with Gasteiger partial charge >= 0.3 is 0 Å². The Morgan fingerprint density at radius 1 is 1.13 bits per heavy atom. The van der Waals surface area contributed by atoms with Gasteiger partial charge in [-0.2, -0.15) is 0 Å². The Balaban J connectivity index is 1.53. The number of hydrogen-bond donors (Lipinski definition) is 2. The standard InChI is InChI=1S/C23H29N3O4S/c1-15-13-26(14-16(2)30-15)23(29)19-8-6-18(7-9-19)12-24-22(28)11-20(25-17(3)27)21-5-4-10-31-21/h4-10,15-16,20H,11-14H2,1-3H3,(H,24,28)(H,25,27). The zero-order chi connectivity index (χ0) is 22.4. The molecule has 8 heteroatoms. The first-order chi connectivity index (χ1) is 14.8. The van der Waals surface area contributed by atoms with Crippen LogP contribution in [0.4, 0.5) is 0 Å². The molecular formula is C23H29N3O4S. The van der Waals surface area contributed by atoms with Gasteiger partial charge in [0.25, 0.3) is 5.91 Å². The molecule has 0 spiro atoms. The van der Waals surface area contributed by atoms with Gasteiger partial charge in [-0.1, -0.05) is 18.2 Å². The van der Waals surface area contributed by atoms with E-state index in [0.717, 1.165) is 10.4 Å². The van der Waals surface area contributed by atoms with E-state index >= 15 is 0 Å². The number of thiophene rings is 1. The number of rotatable bonds is 7. The molecule has 0 radical (unpaired) electrons. The third kappa shape index (κ3) is 6.63. The van der Waals surface area contributed by atoms with Crippen molar-refractivity contribution in [2.45, 2.75) is 52.0 Å². The molecule has 7 nitrogen and oxygen atoms in total. The molecule has 2 N–H and O–H groups in total. The first-order valence-electron chi connectivity index (χ1n) is 10.4. The van der Waals surface area contributed by atoms with Crippen LogP contribution in [-0.2, 0) is 20.9 Å². The van der Waals surface area contributed by atoms with E-state index < -0.39 is 0 Å². The zero-order valence-electron chi connectivity index (χ0n) is 18.1. The van der Waals surface area contributed by atoms with Crippen molar-refractivity contribution in [3.8, 4) is 0 Å². The van der Waals surface area contributed by atoms with Crippen LogP contribution in [0.3, 0.4) is 0 Å². The van der Waals surface area contributed by atoms with Gasteiger partial charge in [-0.3, -0.25) is 14.4 Å². The number of benzene rings is 1. The maximum Gasteiger partial charge on any atom is 0.254 e. The molecule has 1 saturated heterocycles. The molecule has 3 rings (SSSR count). The van der Waals surface area contributed by atoms with Crippen molar-refractivity contribution in [2.24, 2.45) is 0 Å².